The Balaban J connectivity index is 0.00000106. The van der Waals surface area contributed by atoms with Crippen molar-refractivity contribution >= 4 is 6.21 Å². The van der Waals surface area contributed by atoms with Gasteiger partial charge in [0.05, 0.1) is 12.6 Å². The van der Waals surface area contributed by atoms with Gasteiger partial charge in [-0.05, 0) is 30.7 Å². The highest BCUT2D eigenvalue weighted by molar-refractivity contribution is 5.53. The van der Waals surface area contributed by atoms with Crippen molar-refractivity contribution < 1.29 is 0 Å². The first-order valence-corrected chi connectivity index (χ1v) is 5.76. The van der Waals surface area contributed by atoms with E-state index in [-0.39, 0.29) is 0 Å². The summed E-state index contributed by atoms with van der Waals surface area (Å²) in [4.78, 5) is 4.17. The SMILES string of the molecule is CC.CC=NCc1cccc(CCC#N)c1. The third-order valence-corrected chi connectivity index (χ3v) is 1.97. The number of nitrogens with zero attached hydrogens (tertiary/aromatic N) is 2. The number of nitriles is 1. The molecule has 0 aliphatic carbocycles. The lowest BCUT2D eigenvalue weighted by atomic mass is 10.1. The van der Waals surface area contributed by atoms with Gasteiger partial charge in [0.2, 0.25) is 0 Å². The number of hydrogen-bond donors (Lipinski definition) is 0. The molecular weight excluding hydrogens is 196 g/mol. The Kier molecular flexibility index (Phi) is 8.91. The van der Waals surface area contributed by atoms with Gasteiger partial charge in [0.15, 0.2) is 0 Å². The molecule has 0 spiro atoms. The molecule has 0 aliphatic rings. The van der Waals surface area contributed by atoms with Crippen molar-refractivity contribution in [2.75, 3.05) is 0 Å². The van der Waals surface area contributed by atoms with Gasteiger partial charge in [-0.2, -0.15) is 5.26 Å². The van der Waals surface area contributed by atoms with Gasteiger partial charge < -0.3 is 0 Å². The fraction of sp³-hybridized carbons (Fsp3) is 0.429. The standard InChI is InChI=1S/C12H14N2.C2H6/c1-2-14-10-12-6-3-5-11(9-12)7-4-8-13;1-2/h2-3,5-6,9H,4,7,10H2,1H3;1-2H3. The molecule has 2 heteroatoms. The lowest BCUT2D eigenvalue weighted by Crippen LogP contribution is -1.87. The minimum Gasteiger partial charge on any atom is -0.293 e. The fourth-order valence-electron chi connectivity index (χ4n) is 1.28. The number of aliphatic imine (C=N–C) groups is 1. The van der Waals surface area contributed by atoms with Crippen molar-refractivity contribution in [2.24, 2.45) is 4.99 Å². The van der Waals surface area contributed by atoms with E-state index >= 15 is 0 Å². The summed E-state index contributed by atoms with van der Waals surface area (Å²) in [5, 5.41) is 8.46. The summed E-state index contributed by atoms with van der Waals surface area (Å²) in [6.45, 7) is 6.65. The van der Waals surface area contributed by atoms with Crippen LogP contribution < -0.4 is 0 Å². The summed E-state index contributed by atoms with van der Waals surface area (Å²) in [7, 11) is 0. The van der Waals surface area contributed by atoms with Crippen molar-refractivity contribution in [3.63, 3.8) is 0 Å². The minimum atomic E-state index is 0.584. The summed E-state index contributed by atoms with van der Waals surface area (Å²) < 4.78 is 0. The molecule has 16 heavy (non-hydrogen) atoms. The highest BCUT2D eigenvalue weighted by Gasteiger charge is 1.94. The van der Waals surface area contributed by atoms with E-state index in [9.17, 15) is 0 Å². The van der Waals surface area contributed by atoms with E-state index in [0.717, 1.165) is 13.0 Å². The zero-order chi connectivity index (χ0) is 12.2. The molecule has 1 rings (SSSR count). The Labute approximate surface area is 98.6 Å². The van der Waals surface area contributed by atoms with Crippen LogP contribution in [0, 0.1) is 11.3 Å². The fourth-order valence-corrected chi connectivity index (χ4v) is 1.28. The third-order valence-electron chi connectivity index (χ3n) is 1.97. The smallest absolute Gasteiger partial charge is 0.0635 e. The first kappa shape index (κ1) is 14.4. The van der Waals surface area contributed by atoms with Crippen molar-refractivity contribution in [1.82, 2.24) is 0 Å². The molecule has 0 bridgehead atoms. The van der Waals surface area contributed by atoms with Crippen LogP contribution in [0.15, 0.2) is 29.3 Å². The summed E-state index contributed by atoms with van der Waals surface area (Å²) in [5.74, 6) is 0. The molecule has 0 amide bonds. The van der Waals surface area contributed by atoms with E-state index in [1.54, 1.807) is 0 Å². The normalized spacial score (nSPS) is 9.38. The Morgan fingerprint density at radius 3 is 2.62 bits per heavy atom. The van der Waals surface area contributed by atoms with Gasteiger partial charge in [0.1, 0.15) is 0 Å². The van der Waals surface area contributed by atoms with Gasteiger partial charge in [-0.25, -0.2) is 0 Å². The minimum absolute atomic E-state index is 0.584. The van der Waals surface area contributed by atoms with Crippen molar-refractivity contribution in [3.05, 3.63) is 35.4 Å². The zero-order valence-electron chi connectivity index (χ0n) is 10.4. The molecule has 0 saturated carbocycles. The maximum absolute atomic E-state index is 8.46. The molecule has 0 unspecified atom stereocenters. The van der Waals surface area contributed by atoms with Crippen LogP contribution in [0.1, 0.15) is 38.3 Å². The Hall–Kier alpha value is -1.62. The van der Waals surface area contributed by atoms with Crippen LogP contribution in [0.25, 0.3) is 0 Å². The number of benzene rings is 1. The lowest BCUT2D eigenvalue weighted by molar-refractivity contribution is 0.993. The van der Waals surface area contributed by atoms with Crippen molar-refractivity contribution in [2.45, 2.75) is 40.2 Å². The molecule has 0 fully saturated rings. The van der Waals surface area contributed by atoms with Gasteiger partial charge in [0, 0.05) is 6.42 Å². The molecule has 0 atom stereocenters. The van der Waals surface area contributed by atoms with E-state index in [1.165, 1.54) is 11.1 Å². The van der Waals surface area contributed by atoms with Gasteiger partial charge in [-0.15, -0.1) is 0 Å². The molecule has 0 N–H and O–H groups in total. The van der Waals surface area contributed by atoms with Gasteiger partial charge in [0.25, 0.3) is 0 Å². The average Bonchev–Trinajstić information content (AvgIpc) is 2.37. The van der Waals surface area contributed by atoms with Crippen LogP contribution in [0.2, 0.25) is 0 Å². The Bertz CT molecular complexity index is 348. The molecule has 0 heterocycles. The zero-order valence-corrected chi connectivity index (χ0v) is 10.4. The van der Waals surface area contributed by atoms with Crippen LogP contribution in [0.5, 0.6) is 0 Å². The summed E-state index contributed by atoms with van der Waals surface area (Å²) in [6.07, 6.45) is 3.22. The molecule has 0 aliphatic heterocycles. The monoisotopic (exact) mass is 216 g/mol. The van der Waals surface area contributed by atoms with Gasteiger partial charge in [-0.3, -0.25) is 4.99 Å². The average molecular weight is 216 g/mol. The highest BCUT2D eigenvalue weighted by atomic mass is 14.7. The molecule has 2 nitrogen and oxygen atoms in total. The summed E-state index contributed by atoms with van der Waals surface area (Å²) >= 11 is 0. The van der Waals surface area contributed by atoms with E-state index in [0.29, 0.717) is 6.42 Å². The number of hydrogen-bond acceptors (Lipinski definition) is 2. The second-order valence-corrected chi connectivity index (χ2v) is 3.08. The molecule has 0 aromatic heterocycles. The van der Waals surface area contributed by atoms with Crippen LogP contribution >= 0.6 is 0 Å². The van der Waals surface area contributed by atoms with E-state index in [2.05, 4.69) is 29.3 Å². The summed E-state index contributed by atoms with van der Waals surface area (Å²) in [5.41, 5.74) is 2.42. The topological polar surface area (TPSA) is 36.1 Å². The van der Waals surface area contributed by atoms with Crippen LogP contribution in [0.4, 0.5) is 0 Å². The van der Waals surface area contributed by atoms with Crippen molar-refractivity contribution in [1.29, 1.82) is 5.26 Å². The molecule has 1 aromatic rings. The lowest BCUT2D eigenvalue weighted by Gasteiger charge is -2.00. The van der Waals surface area contributed by atoms with E-state index < -0.39 is 0 Å². The molecule has 1 aromatic carbocycles. The Morgan fingerprint density at radius 1 is 1.31 bits per heavy atom. The quantitative estimate of drug-likeness (QED) is 0.706. The van der Waals surface area contributed by atoms with E-state index in [1.807, 2.05) is 33.1 Å². The highest BCUT2D eigenvalue weighted by Crippen LogP contribution is 2.08. The summed E-state index contributed by atoms with van der Waals surface area (Å²) in [6, 6.07) is 10.4. The number of aryl methyl sites for hydroxylation is 1. The molecule has 0 saturated heterocycles. The van der Waals surface area contributed by atoms with Gasteiger partial charge >= 0.3 is 0 Å². The first-order valence-electron chi connectivity index (χ1n) is 5.76. The Morgan fingerprint density at radius 2 is 2.00 bits per heavy atom. The predicted octanol–water partition coefficient (Wildman–Crippen LogP) is 3.76. The molecule has 0 radical (unpaired) electrons. The maximum atomic E-state index is 8.46. The second-order valence-electron chi connectivity index (χ2n) is 3.08. The largest absolute Gasteiger partial charge is 0.293 e. The second kappa shape index (κ2) is 9.92. The van der Waals surface area contributed by atoms with Crippen LogP contribution in [0.3, 0.4) is 0 Å². The molecular formula is C14H20N2. The maximum Gasteiger partial charge on any atom is 0.0635 e. The van der Waals surface area contributed by atoms with Crippen LogP contribution in [-0.2, 0) is 13.0 Å². The third kappa shape index (κ3) is 5.98. The van der Waals surface area contributed by atoms with Crippen LogP contribution in [-0.4, -0.2) is 6.21 Å². The molecule has 86 valence electrons. The predicted molar refractivity (Wildman–Crippen MR) is 69.6 cm³/mol. The first-order chi connectivity index (χ1) is 7.86. The van der Waals surface area contributed by atoms with Crippen molar-refractivity contribution in [3.8, 4) is 6.07 Å². The van der Waals surface area contributed by atoms with Gasteiger partial charge in [-0.1, -0.05) is 38.1 Å². The van der Waals surface area contributed by atoms with E-state index in [4.69, 9.17) is 5.26 Å². The number of rotatable bonds is 4.